The van der Waals surface area contributed by atoms with Crippen molar-refractivity contribution in [1.29, 1.82) is 0 Å². The molecule has 2 aromatic carbocycles. The number of aliphatic hydroxyl groups is 1. The van der Waals surface area contributed by atoms with Crippen LogP contribution in [0.15, 0.2) is 60.7 Å². The molecule has 0 atom stereocenters. The molecule has 0 bridgehead atoms. The average molecular weight is 336 g/mol. The quantitative estimate of drug-likeness (QED) is 0.648. The van der Waals surface area contributed by atoms with Gasteiger partial charge in [-0.05, 0) is 30.5 Å². The summed E-state index contributed by atoms with van der Waals surface area (Å²) in [5.41, 5.74) is 2.40. The van der Waals surface area contributed by atoms with E-state index in [9.17, 15) is 9.90 Å². The Balaban J connectivity index is 1.60. The summed E-state index contributed by atoms with van der Waals surface area (Å²) in [7, 11) is 0. The van der Waals surface area contributed by atoms with E-state index in [2.05, 4.69) is 27.6 Å². The Morgan fingerprint density at radius 3 is 2.36 bits per heavy atom. The van der Waals surface area contributed by atoms with Crippen LogP contribution in [0, 0.1) is 0 Å². The Labute approximate surface area is 146 Å². The van der Waals surface area contributed by atoms with Crippen molar-refractivity contribution < 1.29 is 9.90 Å². The van der Waals surface area contributed by atoms with Crippen LogP contribution in [0.5, 0.6) is 0 Å². The number of rotatable bonds is 7. The first-order valence-corrected chi connectivity index (χ1v) is 8.22. The van der Waals surface area contributed by atoms with Gasteiger partial charge in [-0.3, -0.25) is 4.79 Å². The van der Waals surface area contributed by atoms with E-state index in [4.69, 9.17) is 0 Å². The maximum absolute atomic E-state index is 12.3. The van der Waals surface area contributed by atoms with E-state index in [1.165, 1.54) is 10.4 Å². The molecule has 0 fully saturated rings. The number of hydrogen-bond acceptors (Lipinski definition) is 4. The highest BCUT2D eigenvalue weighted by Crippen LogP contribution is 2.09. The van der Waals surface area contributed by atoms with Gasteiger partial charge in [0.1, 0.15) is 5.69 Å². The Bertz CT molecular complexity index is 816. The van der Waals surface area contributed by atoms with E-state index in [1.807, 2.05) is 48.5 Å². The number of aryl methyl sites for hydroxylation is 1. The topological polar surface area (TPSA) is 80.0 Å². The first-order valence-electron chi connectivity index (χ1n) is 8.22. The third kappa shape index (κ3) is 4.30. The van der Waals surface area contributed by atoms with Gasteiger partial charge in [-0.1, -0.05) is 48.5 Å². The van der Waals surface area contributed by atoms with Crippen LogP contribution < -0.4 is 5.32 Å². The SMILES string of the molecule is O=C(NCCCc1ccccc1)c1nn(-c2ccccc2)nc1CO. The lowest BCUT2D eigenvalue weighted by atomic mass is 10.1. The van der Waals surface area contributed by atoms with E-state index in [1.54, 1.807) is 0 Å². The summed E-state index contributed by atoms with van der Waals surface area (Å²) in [6, 6.07) is 19.4. The second-order valence-corrected chi connectivity index (χ2v) is 5.62. The van der Waals surface area contributed by atoms with Gasteiger partial charge >= 0.3 is 0 Å². The summed E-state index contributed by atoms with van der Waals surface area (Å²) < 4.78 is 0. The van der Waals surface area contributed by atoms with Crippen molar-refractivity contribution in [2.24, 2.45) is 0 Å². The molecule has 2 N–H and O–H groups in total. The van der Waals surface area contributed by atoms with Gasteiger partial charge in [-0.25, -0.2) is 0 Å². The van der Waals surface area contributed by atoms with Crippen LogP contribution in [0.2, 0.25) is 0 Å². The van der Waals surface area contributed by atoms with E-state index in [0.29, 0.717) is 6.54 Å². The van der Waals surface area contributed by atoms with Crippen molar-refractivity contribution in [3.05, 3.63) is 77.6 Å². The van der Waals surface area contributed by atoms with Gasteiger partial charge in [0.05, 0.1) is 12.3 Å². The number of nitrogens with one attached hydrogen (secondary N) is 1. The Hall–Kier alpha value is -2.99. The molecular weight excluding hydrogens is 316 g/mol. The molecule has 1 amide bonds. The van der Waals surface area contributed by atoms with E-state index < -0.39 is 0 Å². The number of para-hydroxylation sites is 1. The normalized spacial score (nSPS) is 10.6. The van der Waals surface area contributed by atoms with Crippen LogP contribution in [0.1, 0.15) is 28.2 Å². The van der Waals surface area contributed by atoms with Crippen molar-refractivity contribution in [2.45, 2.75) is 19.4 Å². The van der Waals surface area contributed by atoms with Crippen LogP contribution in [0.25, 0.3) is 5.69 Å². The minimum atomic E-state index is -0.334. The summed E-state index contributed by atoms with van der Waals surface area (Å²) in [6.45, 7) is 0.205. The van der Waals surface area contributed by atoms with Gasteiger partial charge in [0.2, 0.25) is 0 Å². The molecule has 1 aromatic heterocycles. The zero-order valence-corrected chi connectivity index (χ0v) is 13.8. The van der Waals surface area contributed by atoms with Crippen LogP contribution in [0.3, 0.4) is 0 Å². The first kappa shape index (κ1) is 16.9. The predicted molar refractivity (Wildman–Crippen MR) is 94.4 cm³/mol. The molecule has 0 radical (unpaired) electrons. The number of hydrogen-bond donors (Lipinski definition) is 2. The zero-order valence-electron chi connectivity index (χ0n) is 13.8. The molecule has 0 spiro atoms. The standard InChI is InChI=1S/C19H20N4O2/c24-14-17-18(22-23(21-17)16-11-5-2-6-12-16)19(25)20-13-7-10-15-8-3-1-4-9-15/h1-6,8-9,11-12,24H,7,10,13-14H2,(H,20,25). The van der Waals surface area contributed by atoms with Crippen LogP contribution in [-0.4, -0.2) is 32.6 Å². The van der Waals surface area contributed by atoms with E-state index in [-0.39, 0.29) is 23.9 Å². The summed E-state index contributed by atoms with van der Waals surface area (Å²) >= 11 is 0. The van der Waals surface area contributed by atoms with Crippen molar-refractivity contribution in [3.8, 4) is 5.69 Å². The third-order valence-corrected chi connectivity index (χ3v) is 3.81. The average Bonchev–Trinajstić information content (AvgIpc) is 3.11. The molecule has 0 aliphatic heterocycles. The zero-order chi connectivity index (χ0) is 17.5. The smallest absolute Gasteiger partial charge is 0.273 e. The molecule has 3 aromatic rings. The molecule has 0 aliphatic rings. The van der Waals surface area contributed by atoms with Gasteiger partial charge in [0, 0.05) is 6.54 Å². The monoisotopic (exact) mass is 336 g/mol. The highest BCUT2D eigenvalue weighted by atomic mass is 16.3. The number of nitrogens with zero attached hydrogens (tertiary/aromatic N) is 3. The van der Waals surface area contributed by atoms with E-state index >= 15 is 0 Å². The predicted octanol–water partition coefficient (Wildman–Crippen LogP) is 2.12. The van der Waals surface area contributed by atoms with Gasteiger partial charge in [-0.15, -0.1) is 10.2 Å². The Kier molecular flexibility index (Phi) is 5.53. The Morgan fingerprint density at radius 2 is 1.68 bits per heavy atom. The first-order chi connectivity index (χ1) is 12.3. The molecule has 0 aliphatic carbocycles. The van der Waals surface area contributed by atoms with Gasteiger partial charge in [0.15, 0.2) is 5.69 Å². The summed E-state index contributed by atoms with van der Waals surface area (Å²) in [6.07, 6.45) is 1.72. The van der Waals surface area contributed by atoms with Crippen LogP contribution in [0.4, 0.5) is 0 Å². The number of aliphatic hydroxyl groups excluding tert-OH is 1. The van der Waals surface area contributed by atoms with Crippen molar-refractivity contribution >= 4 is 5.91 Å². The van der Waals surface area contributed by atoms with Crippen LogP contribution in [-0.2, 0) is 13.0 Å². The summed E-state index contributed by atoms with van der Waals surface area (Å²) in [5.74, 6) is -0.320. The molecule has 3 rings (SSSR count). The molecular formula is C19H20N4O2. The number of amides is 1. The molecule has 25 heavy (non-hydrogen) atoms. The lowest BCUT2D eigenvalue weighted by Gasteiger charge is -2.04. The number of aromatic nitrogens is 3. The lowest BCUT2D eigenvalue weighted by molar-refractivity contribution is 0.0944. The molecule has 6 heteroatoms. The highest BCUT2D eigenvalue weighted by Gasteiger charge is 2.18. The summed E-state index contributed by atoms with van der Waals surface area (Å²) in [5, 5.41) is 20.7. The lowest BCUT2D eigenvalue weighted by Crippen LogP contribution is -2.26. The van der Waals surface area contributed by atoms with Gasteiger partial charge in [0.25, 0.3) is 5.91 Å². The van der Waals surface area contributed by atoms with Crippen molar-refractivity contribution in [3.63, 3.8) is 0 Å². The fourth-order valence-electron chi connectivity index (χ4n) is 2.52. The van der Waals surface area contributed by atoms with Crippen molar-refractivity contribution in [1.82, 2.24) is 20.3 Å². The fourth-order valence-corrected chi connectivity index (χ4v) is 2.52. The maximum Gasteiger partial charge on any atom is 0.273 e. The minimum absolute atomic E-state index is 0.158. The summed E-state index contributed by atoms with van der Waals surface area (Å²) in [4.78, 5) is 13.7. The highest BCUT2D eigenvalue weighted by molar-refractivity contribution is 5.93. The van der Waals surface area contributed by atoms with Gasteiger partial charge in [-0.2, -0.15) is 4.80 Å². The molecule has 128 valence electrons. The van der Waals surface area contributed by atoms with Crippen molar-refractivity contribution in [2.75, 3.05) is 6.54 Å². The Morgan fingerprint density at radius 1 is 1.00 bits per heavy atom. The van der Waals surface area contributed by atoms with Crippen LogP contribution >= 0.6 is 0 Å². The van der Waals surface area contributed by atoms with Gasteiger partial charge < -0.3 is 10.4 Å². The fraction of sp³-hybridized carbons (Fsp3) is 0.211. The molecule has 6 nitrogen and oxygen atoms in total. The second kappa shape index (κ2) is 8.21. The number of benzene rings is 2. The molecule has 1 heterocycles. The van der Waals surface area contributed by atoms with E-state index in [0.717, 1.165) is 18.5 Å². The molecule has 0 saturated carbocycles. The molecule has 0 saturated heterocycles. The minimum Gasteiger partial charge on any atom is -0.390 e. The number of carbonyl (C=O) groups is 1. The third-order valence-electron chi connectivity index (χ3n) is 3.81. The maximum atomic E-state index is 12.3. The molecule has 0 unspecified atom stereocenters. The second-order valence-electron chi connectivity index (χ2n) is 5.62. The largest absolute Gasteiger partial charge is 0.390 e. The number of carbonyl (C=O) groups excluding carboxylic acids is 1.